The van der Waals surface area contributed by atoms with E-state index in [1.54, 1.807) is 27.6 Å². The smallest absolute Gasteiger partial charge is 0.238 e. The van der Waals surface area contributed by atoms with E-state index in [2.05, 4.69) is 0 Å². The zero-order valence-electron chi connectivity index (χ0n) is 8.83. The number of nitrogens with zero attached hydrogens (tertiary/aromatic N) is 3. The Kier molecular flexibility index (Phi) is 2.79. The molecule has 2 rings (SSSR count). The average Bonchev–Trinajstić information content (AvgIpc) is 2.67. The Labute approximate surface area is 90.1 Å². The summed E-state index contributed by atoms with van der Waals surface area (Å²) in [6, 6.07) is 0. The molecule has 1 aromatic rings. The van der Waals surface area contributed by atoms with Gasteiger partial charge in [-0.05, 0) is 12.8 Å². The molecule has 0 saturated carbocycles. The minimum absolute atomic E-state index is 0.643. The normalized spacial score (nSPS) is 19.3. The van der Waals surface area contributed by atoms with Crippen LogP contribution in [0.5, 0.6) is 0 Å². The summed E-state index contributed by atoms with van der Waals surface area (Å²) in [6.07, 6.45) is 7.93. The minimum atomic E-state index is -3.31. The monoisotopic (exact) mass is 230 g/mol. The third kappa shape index (κ3) is 2.05. The van der Waals surface area contributed by atoms with Gasteiger partial charge in [0.15, 0.2) is 0 Å². The Morgan fingerprint density at radius 2 is 1.87 bits per heavy atom. The van der Waals surface area contributed by atoms with Crippen LogP contribution >= 0.6 is 0 Å². The van der Waals surface area contributed by atoms with Crippen molar-refractivity contribution in [3.8, 4) is 0 Å². The summed E-state index contributed by atoms with van der Waals surface area (Å²) in [7, 11) is -1.50. The van der Waals surface area contributed by atoms with Crippen LogP contribution in [0.2, 0.25) is 0 Å². The summed E-state index contributed by atoms with van der Waals surface area (Å²) in [5.41, 5.74) is 0. The van der Waals surface area contributed by atoms with E-state index in [9.17, 15) is 8.42 Å². The first-order valence-corrected chi connectivity index (χ1v) is 6.54. The van der Waals surface area contributed by atoms with Crippen molar-refractivity contribution in [2.45, 2.75) is 19.3 Å². The van der Waals surface area contributed by atoms with Crippen molar-refractivity contribution in [1.82, 2.24) is 8.28 Å². The van der Waals surface area contributed by atoms with Gasteiger partial charge >= 0.3 is 10.2 Å². The molecular formula is C9H16N3O2S+. The summed E-state index contributed by atoms with van der Waals surface area (Å²) < 4.78 is 28.7. The summed E-state index contributed by atoms with van der Waals surface area (Å²) in [4.78, 5) is 0. The molecule has 1 saturated heterocycles. The summed E-state index contributed by atoms with van der Waals surface area (Å²) >= 11 is 0. The number of aryl methyl sites for hydroxylation is 1. The van der Waals surface area contributed by atoms with Gasteiger partial charge in [-0.25, -0.2) is 4.57 Å². The van der Waals surface area contributed by atoms with E-state index in [0.717, 1.165) is 19.3 Å². The SMILES string of the molecule is C[n+]1ccn(S(=O)(=O)N2CCCCC2)c1. The summed E-state index contributed by atoms with van der Waals surface area (Å²) in [6.45, 7) is 1.29. The fraction of sp³-hybridized carbons (Fsp3) is 0.667. The van der Waals surface area contributed by atoms with Gasteiger partial charge in [0.1, 0.15) is 12.4 Å². The zero-order valence-corrected chi connectivity index (χ0v) is 9.65. The minimum Gasteiger partial charge on any atom is -0.238 e. The number of piperidine rings is 1. The average molecular weight is 230 g/mol. The van der Waals surface area contributed by atoms with Gasteiger partial charge in [0.25, 0.3) is 6.33 Å². The van der Waals surface area contributed by atoms with Crippen molar-refractivity contribution in [3.63, 3.8) is 0 Å². The first-order chi connectivity index (χ1) is 7.10. The lowest BCUT2D eigenvalue weighted by Gasteiger charge is -2.23. The second kappa shape index (κ2) is 3.94. The van der Waals surface area contributed by atoms with Crippen LogP contribution in [0.1, 0.15) is 19.3 Å². The standard InChI is InChI=1S/C9H16N3O2S/c1-10-7-8-12(9-10)15(13,14)11-5-3-2-4-6-11/h7-9H,2-6H2,1H3/q+1. The molecule has 0 N–H and O–H groups in total. The molecule has 1 aliphatic rings. The van der Waals surface area contributed by atoms with E-state index in [1.807, 2.05) is 7.05 Å². The second-order valence-electron chi connectivity index (χ2n) is 3.88. The Balaban J connectivity index is 2.26. The van der Waals surface area contributed by atoms with E-state index in [0.29, 0.717) is 13.1 Å². The zero-order chi connectivity index (χ0) is 10.9. The molecule has 2 heterocycles. The number of hydrogen-bond donors (Lipinski definition) is 0. The van der Waals surface area contributed by atoms with Crippen LogP contribution in [0, 0.1) is 0 Å². The van der Waals surface area contributed by atoms with E-state index in [4.69, 9.17) is 0 Å². The highest BCUT2D eigenvalue weighted by Crippen LogP contribution is 2.14. The van der Waals surface area contributed by atoms with Gasteiger partial charge in [-0.1, -0.05) is 6.42 Å². The first kappa shape index (κ1) is 10.6. The van der Waals surface area contributed by atoms with Crippen molar-refractivity contribution in [2.75, 3.05) is 13.1 Å². The highest BCUT2D eigenvalue weighted by Gasteiger charge is 2.29. The molecule has 0 atom stereocenters. The molecule has 0 aliphatic carbocycles. The lowest BCUT2D eigenvalue weighted by atomic mass is 10.2. The van der Waals surface area contributed by atoms with Crippen molar-refractivity contribution < 1.29 is 13.0 Å². The van der Waals surface area contributed by atoms with E-state index in [1.165, 1.54) is 3.97 Å². The molecule has 84 valence electrons. The van der Waals surface area contributed by atoms with Crippen molar-refractivity contribution in [1.29, 1.82) is 0 Å². The third-order valence-corrected chi connectivity index (χ3v) is 4.42. The molecule has 0 aromatic carbocycles. The van der Waals surface area contributed by atoms with Crippen LogP contribution in [0.15, 0.2) is 18.7 Å². The van der Waals surface area contributed by atoms with Crippen LogP contribution < -0.4 is 4.57 Å². The van der Waals surface area contributed by atoms with Crippen LogP contribution in [0.3, 0.4) is 0 Å². The second-order valence-corrected chi connectivity index (χ2v) is 5.71. The topological polar surface area (TPSA) is 46.2 Å². The number of rotatable bonds is 2. The quantitative estimate of drug-likeness (QED) is 0.666. The highest BCUT2D eigenvalue weighted by molar-refractivity contribution is 7.87. The molecule has 6 heteroatoms. The number of aromatic nitrogens is 2. The number of imidazole rings is 1. The summed E-state index contributed by atoms with van der Waals surface area (Å²) in [5, 5.41) is 0. The highest BCUT2D eigenvalue weighted by atomic mass is 32.2. The molecule has 1 aliphatic heterocycles. The van der Waals surface area contributed by atoms with Crippen LogP contribution in [0.25, 0.3) is 0 Å². The van der Waals surface area contributed by atoms with Gasteiger partial charge in [-0.15, -0.1) is 3.97 Å². The summed E-state index contributed by atoms with van der Waals surface area (Å²) in [5.74, 6) is 0. The molecular weight excluding hydrogens is 214 g/mol. The first-order valence-electron chi connectivity index (χ1n) is 5.14. The van der Waals surface area contributed by atoms with Crippen LogP contribution in [-0.4, -0.2) is 29.8 Å². The molecule has 0 radical (unpaired) electrons. The largest absolute Gasteiger partial charge is 0.379 e. The molecule has 0 amide bonds. The van der Waals surface area contributed by atoms with Gasteiger partial charge < -0.3 is 0 Å². The van der Waals surface area contributed by atoms with Gasteiger partial charge in [-0.2, -0.15) is 12.7 Å². The fourth-order valence-electron chi connectivity index (χ4n) is 1.79. The Morgan fingerprint density at radius 1 is 1.20 bits per heavy atom. The lowest BCUT2D eigenvalue weighted by Crippen LogP contribution is -2.39. The molecule has 0 bridgehead atoms. The van der Waals surface area contributed by atoms with E-state index < -0.39 is 10.2 Å². The van der Waals surface area contributed by atoms with Gasteiger partial charge in [0.05, 0.1) is 7.05 Å². The maximum absolute atomic E-state index is 12.1. The molecule has 0 spiro atoms. The Bertz CT molecular complexity index is 432. The molecule has 1 fully saturated rings. The molecule has 1 aromatic heterocycles. The van der Waals surface area contributed by atoms with Crippen molar-refractivity contribution in [2.24, 2.45) is 7.05 Å². The Hall–Kier alpha value is -0.880. The fourth-order valence-corrected chi connectivity index (χ4v) is 3.26. The van der Waals surface area contributed by atoms with Crippen LogP contribution in [0.4, 0.5) is 0 Å². The Morgan fingerprint density at radius 3 is 2.40 bits per heavy atom. The lowest BCUT2D eigenvalue weighted by molar-refractivity contribution is -0.670. The molecule has 0 unspecified atom stereocenters. The van der Waals surface area contributed by atoms with Crippen molar-refractivity contribution in [3.05, 3.63) is 18.7 Å². The predicted octanol–water partition coefficient (Wildman–Crippen LogP) is -0.109. The third-order valence-electron chi connectivity index (χ3n) is 2.65. The molecule has 15 heavy (non-hydrogen) atoms. The number of hydrogen-bond acceptors (Lipinski definition) is 2. The van der Waals surface area contributed by atoms with E-state index in [-0.39, 0.29) is 0 Å². The van der Waals surface area contributed by atoms with Crippen molar-refractivity contribution >= 4 is 10.2 Å². The van der Waals surface area contributed by atoms with Gasteiger partial charge in [0, 0.05) is 13.1 Å². The maximum atomic E-state index is 12.1. The predicted molar refractivity (Wildman–Crippen MR) is 55.3 cm³/mol. The van der Waals surface area contributed by atoms with Crippen LogP contribution in [-0.2, 0) is 17.3 Å². The van der Waals surface area contributed by atoms with E-state index >= 15 is 0 Å². The van der Waals surface area contributed by atoms with Gasteiger partial charge in [0.2, 0.25) is 0 Å². The van der Waals surface area contributed by atoms with Gasteiger partial charge in [-0.3, -0.25) is 0 Å². The molecule has 5 nitrogen and oxygen atoms in total. The maximum Gasteiger partial charge on any atom is 0.379 e.